The average Bonchev–Trinajstić information content (AvgIpc) is 2.36. The Bertz CT molecular complexity index is 189. The molecule has 1 aliphatic rings. The third kappa shape index (κ3) is 1.92. The number of carbonyl (C=O) groups excluding carboxylic acids is 1. The van der Waals surface area contributed by atoms with Crippen LogP contribution in [0.3, 0.4) is 0 Å². The highest BCUT2D eigenvalue weighted by molar-refractivity contribution is 5.96. The molecular weight excluding hydrogens is 136 g/mol. The van der Waals surface area contributed by atoms with Crippen molar-refractivity contribution in [1.82, 2.24) is 0 Å². The summed E-state index contributed by atoms with van der Waals surface area (Å²) >= 11 is 0. The second-order valence-electron chi connectivity index (χ2n) is 3.29. The molecule has 0 spiro atoms. The number of ketones is 1. The first-order chi connectivity index (χ1) is 5.25. The lowest BCUT2D eigenvalue weighted by atomic mass is 10.0. The molecule has 0 N–H and O–H groups in total. The van der Waals surface area contributed by atoms with E-state index < -0.39 is 0 Å². The van der Waals surface area contributed by atoms with Crippen LogP contribution in [-0.4, -0.2) is 5.78 Å². The summed E-state index contributed by atoms with van der Waals surface area (Å²) in [7, 11) is 0. The summed E-state index contributed by atoms with van der Waals surface area (Å²) in [5.74, 6) is 0.391. The molecule has 0 aromatic rings. The van der Waals surface area contributed by atoms with Gasteiger partial charge in [-0.2, -0.15) is 0 Å². The highest BCUT2D eigenvalue weighted by Crippen LogP contribution is 2.26. The molecule has 0 aliphatic heterocycles. The number of hydrogen-bond acceptors (Lipinski definition) is 1. The zero-order valence-corrected chi connectivity index (χ0v) is 7.44. The first-order valence-corrected chi connectivity index (χ1v) is 4.47. The maximum Gasteiger partial charge on any atom is 0.158 e. The van der Waals surface area contributed by atoms with Gasteiger partial charge >= 0.3 is 0 Å². The highest BCUT2D eigenvalue weighted by atomic mass is 16.1. The first-order valence-electron chi connectivity index (χ1n) is 4.47. The molecular formula is C10H16O. The molecule has 0 amide bonds. The molecule has 0 bridgehead atoms. The van der Waals surface area contributed by atoms with Crippen LogP contribution >= 0.6 is 0 Å². The smallest absolute Gasteiger partial charge is 0.158 e. The summed E-state index contributed by atoms with van der Waals surface area (Å²) in [5.41, 5.74) is 2.47. The fourth-order valence-electron chi connectivity index (χ4n) is 1.65. The van der Waals surface area contributed by atoms with Gasteiger partial charge in [-0.1, -0.05) is 12.5 Å². The molecule has 1 rings (SSSR count). The Balaban J connectivity index is 2.59. The molecule has 1 nitrogen and oxygen atoms in total. The molecule has 0 saturated carbocycles. The second kappa shape index (κ2) is 3.70. The predicted octanol–water partition coefficient (Wildman–Crippen LogP) is 2.86. The summed E-state index contributed by atoms with van der Waals surface area (Å²) < 4.78 is 0. The van der Waals surface area contributed by atoms with E-state index in [0.29, 0.717) is 5.78 Å². The van der Waals surface area contributed by atoms with E-state index >= 15 is 0 Å². The van der Waals surface area contributed by atoms with Crippen LogP contribution in [0.2, 0.25) is 0 Å². The number of carbonyl (C=O) groups is 1. The molecule has 0 aromatic carbocycles. The van der Waals surface area contributed by atoms with Crippen LogP contribution in [0.25, 0.3) is 0 Å². The van der Waals surface area contributed by atoms with E-state index in [1.807, 2.05) is 0 Å². The van der Waals surface area contributed by atoms with Crippen LogP contribution in [-0.2, 0) is 4.79 Å². The van der Waals surface area contributed by atoms with Crippen molar-refractivity contribution in [3.05, 3.63) is 11.1 Å². The molecule has 0 radical (unpaired) electrons. The molecule has 0 atom stereocenters. The van der Waals surface area contributed by atoms with Gasteiger partial charge in [0.1, 0.15) is 0 Å². The van der Waals surface area contributed by atoms with Gasteiger partial charge in [-0.15, -0.1) is 0 Å². The van der Waals surface area contributed by atoms with Crippen molar-refractivity contribution in [2.24, 2.45) is 0 Å². The quantitative estimate of drug-likeness (QED) is 0.607. The lowest BCUT2D eigenvalue weighted by Gasteiger charge is -1.99. The van der Waals surface area contributed by atoms with Gasteiger partial charge in [0.25, 0.3) is 0 Å². The van der Waals surface area contributed by atoms with E-state index in [0.717, 1.165) is 31.3 Å². The van der Waals surface area contributed by atoms with E-state index in [2.05, 4.69) is 13.8 Å². The largest absolute Gasteiger partial charge is 0.295 e. The summed E-state index contributed by atoms with van der Waals surface area (Å²) in [5, 5.41) is 0. The van der Waals surface area contributed by atoms with E-state index in [9.17, 15) is 4.79 Å². The van der Waals surface area contributed by atoms with Crippen molar-refractivity contribution in [2.75, 3.05) is 0 Å². The fraction of sp³-hybridized carbons (Fsp3) is 0.700. The Kier molecular flexibility index (Phi) is 2.86. The van der Waals surface area contributed by atoms with Crippen LogP contribution in [0.1, 0.15) is 46.0 Å². The number of hydrogen-bond donors (Lipinski definition) is 0. The van der Waals surface area contributed by atoms with E-state index in [1.165, 1.54) is 12.0 Å². The zero-order chi connectivity index (χ0) is 8.27. The first kappa shape index (κ1) is 8.51. The van der Waals surface area contributed by atoms with E-state index in [1.54, 1.807) is 0 Å². The molecule has 0 aromatic heterocycles. The van der Waals surface area contributed by atoms with Gasteiger partial charge in [-0.05, 0) is 38.2 Å². The molecule has 0 fully saturated rings. The molecule has 0 saturated heterocycles. The minimum absolute atomic E-state index is 0.391. The Morgan fingerprint density at radius 1 is 1.45 bits per heavy atom. The Morgan fingerprint density at radius 2 is 2.18 bits per heavy atom. The predicted molar refractivity (Wildman–Crippen MR) is 46.5 cm³/mol. The molecule has 0 heterocycles. The van der Waals surface area contributed by atoms with Crippen molar-refractivity contribution >= 4 is 5.78 Å². The van der Waals surface area contributed by atoms with Crippen molar-refractivity contribution in [3.8, 4) is 0 Å². The Morgan fingerprint density at radius 3 is 2.64 bits per heavy atom. The van der Waals surface area contributed by atoms with Crippen LogP contribution in [0.15, 0.2) is 11.1 Å². The zero-order valence-electron chi connectivity index (χ0n) is 7.44. The van der Waals surface area contributed by atoms with Crippen molar-refractivity contribution in [1.29, 1.82) is 0 Å². The number of Topliss-reactive ketones (excluding diaryl/α,β-unsaturated/α-hetero) is 1. The molecule has 0 unspecified atom stereocenters. The minimum atomic E-state index is 0.391. The summed E-state index contributed by atoms with van der Waals surface area (Å²) in [6.45, 7) is 4.15. The summed E-state index contributed by atoms with van der Waals surface area (Å²) in [4.78, 5) is 11.4. The minimum Gasteiger partial charge on any atom is -0.295 e. The van der Waals surface area contributed by atoms with Gasteiger partial charge in [0, 0.05) is 6.42 Å². The molecule has 62 valence electrons. The van der Waals surface area contributed by atoms with Crippen LogP contribution in [0.4, 0.5) is 0 Å². The number of rotatable bonds is 3. The molecule has 1 aliphatic carbocycles. The van der Waals surface area contributed by atoms with Crippen LogP contribution in [0, 0.1) is 0 Å². The van der Waals surface area contributed by atoms with E-state index in [4.69, 9.17) is 0 Å². The summed E-state index contributed by atoms with van der Waals surface area (Å²) in [6, 6.07) is 0. The van der Waals surface area contributed by atoms with Gasteiger partial charge in [-0.25, -0.2) is 0 Å². The lowest BCUT2D eigenvalue weighted by molar-refractivity contribution is -0.115. The normalized spacial score (nSPS) is 17.6. The van der Waals surface area contributed by atoms with Gasteiger partial charge in [0.05, 0.1) is 0 Å². The summed E-state index contributed by atoms with van der Waals surface area (Å²) in [6.07, 6.45) is 5.09. The Labute approximate surface area is 68.5 Å². The average molecular weight is 152 g/mol. The van der Waals surface area contributed by atoms with Gasteiger partial charge in [0.15, 0.2) is 5.78 Å². The van der Waals surface area contributed by atoms with Crippen LogP contribution in [0.5, 0.6) is 0 Å². The number of allylic oxidation sites excluding steroid dienone is 2. The van der Waals surface area contributed by atoms with Crippen molar-refractivity contribution in [3.63, 3.8) is 0 Å². The van der Waals surface area contributed by atoms with Gasteiger partial charge < -0.3 is 0 Å². The molecule has 1 heteroatoms. The monoisotopic (exact) mass is 152 g/mol. The van der Waals surface area contributed by atoms with Crippen molar-refractivity contribution < 1.29 is 4.79 Å². The van der Waals surface area contributed by atoms with E-state index in [-0.39, 0.29) is 0 Å². The maximum absolute atomic E-state index is 11.4. The lowest BCUT2D eigenvalue weighted by Crippen LogP contribution is -2.00. The molecule has 11 heavy (non-hydrogen) atoms. The van der Waals surface area contributed by atoms with Gasteiger partial charge in [-0.3, -0.25) is 4.79 Å². The van der Waals surface area contributed by atoms with Crippen LogP contribution < -0.4 is 0 Å². The Hall–Kier alpha value is -0.590. The topological polar surface area (TPSA) is 17.1 Å². The SMILES string of the molecule is CCCC(=O)C1=C(C)CCC1. The fourth-order valence-corrected chi connectivity index (χ4v) is 1.65. The van der Waals surface area contributed by atoms with Gasteiger partial charge in [0.2, 0.25) is 0 Å². The van der Waals surface area contributed by atoms with Crippen molar-refractivity contribution in [2.45, 2.75) is 46.0 Å². The second-order valence-corrected chi connectivity index (χ2v) is 3.29. The third-order valence-corrected chi connectivity index (χ3v) is 2.31. The third-order valence-electron chi connectivity index (χ3n) is 2.31. The standard InChI is InChI=1S/C10H16O/c1-3-5-10(11)9-7-4-6-8(9)2/h3-7H2,1-2H3. The maximum atomic E-state index is 11.4. The highest BCUT2D eigenvalue weighted by Gasteiger charge is 2.16.